The summed E-state index contributed by atoms with van der Waals surface area (Å²) >= 11 is 0. The molecule has 2 rings (SSSR count). The average Bonchev–Trinajstić information content (AvgIpc) is 2.99. The van der Waals surface area contributed by atoms with E-state index >= 15 is 0 Å². The van der Waals surface area contributed by atoms with Crippen LogP contribution < -0.4 is 4.74 Å². The van der Waals surface area contributed by atoms with Crippen molar-refractivity contribution in [1.29, 1.82) is 0 Å². The van der Waals surface area contributed by atoms with Gasteiger partial charge in [-0.2, -0.15) is 0 Å². The van der Waals surface area contributed by atoms with Crippen LogP contribution in [0.15, 0.2) is 24.3 Å². The standard InChI is InChI=1S/C20H29NO3/c1-15(22)9-10-19(23)21-12-11-16(13-21)14-24-18-8-6-5-7-17(18)20(2,3)4/h5-8,16H,9-14H2,1-4H3. The molecule has 1 heterocycles. The molecule has 1 amide bonds. The summed E-state index contributed by atoms with van der Waals surface area (Å²) in [7, 11) is 0. The number of ether oxygens (including phenoxy) is 1. The first-order chi connectivity index (χ1) is 11.3. The lowest BCUT2D eigenvalue weighted by atomic mass is 9.86. The van der Waals surface area contributed by atoms with Crippen molar-refractivity contribution in [3.63, 3.8) is 0 Å². The molecular weight excluding hydrogens is 302 g/mol. The zero-order valence-corrected chi connectivity index (χ0v) is 15.3. The zero-order valence-electron chi connectivity index (χ0n) is 15.3. The Balaban J connectivity index is 1.87. The second-order valence-electron chi connectivity index (χ2n) is 7.75. The van der Waals surface area contributed by atoms with Gasteiger partial charge in [0.25, 0.3) is 0 Å². The maximum Gasteiger partial charge on any atom is 0.223 e. The van der Waals surface area contributed by atoms with Crippen molar-refractivity contribution < 1.29 is 14.3 Å². The molecule has 0 aromatic heterocycles. The Morgan fingerprint density at radius 2 is 1.92 bits per heavy atom. The van der Waals surface area contributed by atoms with Crippen molar-refractivity contribution in [2.45, 2.75) is 52.4 Å². The van der Waals surface area contributed by atoms with Crippen molar-refractivity contribution in [3.8, 4) is 5.75 Å². The van der Waals surface area contributed by atoms with Gasteiger partial charge < -0.3 is 14.4 Å². The number of amides is 1. The minimum absolute atomic E-state index is 0.0426. The molecule has 4 nitrogen and oxygen atoms in total. The number of ketones is 1. The number of carbonyl (C=O) groups is 2. The number of benzene rings is 1. The molecule has 0 aliphatic carbocycles. The Kier molecular flexibility index (Phi) is 6.03. The van der Waals surface area contributed by atoms with E-state index in [-0.39, 0.29) is 17.1 Å². The minimum Gasteiger partial charge on any atom is -0.493 e. The van der Waals surface area contributed by atoms with Crippen LogP contribution >= 0.6 is 0 Å². The molecule has 1 saturated heterocycles. The van der Waals surface area contributed by atoms with Crippen LogP contribution in [0.1, 0.15) is 52.5 Å². The maximum atomic E-state index is 12.1. The largest absolute Gasteiger partial charge is 0.493 e. The number of likely N-dealkylation sites (tertiary alicyclic amines) is 1. The topological polar surface area (TPSA) is 46.6 Å². The molecule has 0 saturated carbocycles. The Morgan fingerprint density at radius 3 is 2.58 bits per heavy atom. The van der Waals surface area contributed by atoms with Crippen molar-refractivity contribution >= 4 is 11.7 Å². The minimum atomic E-state index is 0.0426. The molecule has 0 radical (unpaired) electrons. The van der Waals surface area contributed by atoms with E-state index in [0.717, 1.165) is 25.3 Å². The fraction of sp³-hybridized carbons (Fsp3) is 0.600. The number of Topliss-reactive ketones (excluding diaryl/α,β-unsaturated/α-hetero) is 1. The summed E-state index contributed by atoms with van der Waals surface area (Å²) < 4.78 is 6.08. The smallest absolute Gasteiger partial charge is 0.223 e. The van der Waals surface area contributed by atoms with Gasteiger partial charge >= 0.3 is 0 Å². The van der Waals surface area contributed by atoms with E-state index in [0.29, 0.717) is 25.4 Å². The Labute approximate surface area is 145 Å². The second-order valence-corrected chi connectivity index (χ2v) is 7.75. The van der Waals surface area contributed by atoms with Gasteiger partial charge in [-0.1, -0.05) is 39.0 Å². The number of carbonyl (C=O) groups excluding carboxylic acids is 2. The van der Waals surface area contributed by atoms with Gasteiger partial charge in [-0.05, 0) is 30.4 Å². The van der Waals surface area contributed by atoms with Crippen LogP contribution in [0.3, 0.4) is 0 Å². The quantitative estimate of drug-likeness (QED) is 0.800. The van der Waals surface area contributed by atoms with Gasteiger partial charge in [0.15, 0.2) is 0 Å². The molecule has 1 aliphatic heterocycles. The van der Waals surface area contributed by atoms with Gasteiger partial charge in [-0.3, -0.25) is 4.79 Å². The van der Waals surface area contributed by atoms with Crippen LogP contribution in [-0.4, -0.2) is 36.3 Å². The van der Waals surface area contributed by atoms with Crippen molar-refractivity contribution in [2.75, 3.05) is 19.7 Å². The van der Waals surface area contributed by atoms with Crippen LogP contribution in [-0.2, 0) is 15.0 Å². The maximum absolute atomic E-state index is 12.1. The van der Waals surface area contributed by atoms with E-state index in [4.69, 9.17) is 4.74 Å². The van der Waals surface area contributed by atoms with Crippen LogP contribution in [0.25, 0.3) is 0 Å². The van der Waals surface area contributed by atoms with Gasteiger partial charge in [0.2, 0.25) is 5.91 Å². The van der Waals surface area contributed by atoms with Crippen LogP contribution in [0.5, 0.6) is 5.75 Å². The summed E-state index contributed by atoms with van der Waals surface area (Å²) in [5.74, 6) is 1.45. The third kappa shape index (κ3) is 5.08. The van der Waals surface area contributed by atoms with Crippen molar-refractivity contribution in [2.24, 2.45) is 5.92 Å². The first-order valence-electron chi connectivity index (χ1n) is 8.77. The number of hydrogen-bond donors (Lipinski definition) is 0. The third-order valence-corrected chi connectivity index (χ3v) is 4.50. The number of nitrogens with zero attached hydrogens (tertiary/aromatic N) is 1. The summed E-state index contributed by atoms with van der Waals surface area (Å²) in [4.78, 5) is 25.0. The van der Waals surface area contributed by atoms with Crippen LogP contribution in [0, 0.1) is 5.92 Å². The molecule has 1 aliphatic rings. The SMILES string of the molecule is CC(=O)CCC(=O)N1CCC(COc2ccccc2C(C)(C)C)C1. The molecule has 132 valence electrons. The molecular formula is C20H29NO3. The number of rotatable bonds is 6. The normalized spacial score (nSPS) is 17.8. The van der Waals surface area contributed by atoms with Gasteiger partial charge in [0.1, 0.15) is 11.5 Å². The molecule has 1 atom stereocenters. The fourth-order valence-corrected chi connectivity index (χ4v) is 3.06. The summed E-state index contributed by atoms with van der Waals surface area (Å²) in [5, 5.41) is 0. The summed E-state index contributed by atoms with van der Waals surface area (Å²) in [6.45, 7) is 10.2. The number of hydrogen-bond acceptors (Lipinski definition) is 3. The highest BCUT2D eigenvalue weighted by Gasteiger charge is 2.27. The lowest BCUT2D eigenvalue weighted by Crippen LogP contribution is -2.29. The summed E-state index contributed by atoms with van der Waals surface area (Å²) in [6.07, 6.45) is 1.63. The molecule has 0 N–H and O–H groups in total. The molecule has 24 heavy (non-hydrogen) atoms. The Morgan fingerprint density at radius 1 is 1.21 bits per heavy atom. The Bertz CT molecular complexity index is 589. The highest BCUT2D eigenvalue weighted by atomic mass is 16.5. The van der Waals surface area contributed by atoms with Crippen LogP contribution in [0.4, 0.5) is 0 Å². The zero-order chi connectivity index (χ0) is 17.7. The molecule has 0 bridgehead atoms. The predicted molar refractivity (Wildman–Crippen MR) is 95.2 cm³/mol. The number of para-hydroxylation sites is 1. The molecule has 1 fully saturated rings. The third-order valence-electron chi connectivity index (χ3n) is 4.50. The molecule has 1 aromatic carbocycles. The fourth-order valence-electron chi connectivity index (χ4n) is 3.06. The van der Waals surface area contributed by atoms with E-state index in [9.17, 15) is 9.59 Å². The first-order valence-corrected chi connectivity index (χ1v) is 8.77. The van der Waals surface area contributed by atoms with Gasteiger partial charge in [-0.25, -0.2) is 0 Å². The van der Waals surface area contributed by atoms with E-state index < -0.39 is 0 Å². The van der Waals surface area contributed by atoms with E-state index in [1.165, 1.54) is 12.5 Å². The molecule has 1 unspecified atom stereocenters. The van der Waals surface area contributed by atoms with Crippen molar-refractivity contribution in [1.82, 2.24) is 4.90 Å². The van der Waals surface area contributed by atoms with E-state index in [2.05, 4.69) is 26.8 Å². The van der Waals surface area contributed by atoms with Gasteiger partial charge in [-0.15, -0.1) is 0 Å². The first kappa shape index (κ1) is 18.5. The predicted octanol–water partition coefficient (Wildman–Crippen LogP) is 3.58. The molecule has 0 spiro atoms. The van der Waals surface area contributed by atoms with E-state index in [1.54, 1.807) is 0 Å². The molecule has 4 heteroatoms. The average molecular weight is 331 g/mol. The highest BCUT2D eigenvalue weighted by molar-refractivity contribution is 5.83. The van der Waals surface area contributed by atoms with Gasteiger partial charge in [0, 0.05) is 31.8 Å². The second kappa shape index (κ2) is 7.82. The van der Waals surface area contributed by atoms with E-state index in [1.807, 2.05) is 23.1 Å². The molecule has 1 aromatic rings. The lowest BCUT2D eigenvalue weighted by Gasteiger charge is -2.23. The Hall–Kier alpha value is -1.84. The highest BCUT2D eigenvalue weighted by Crippen LogP contribution is 2.31. The van der Waals surface area contributed by atoms with Crippen LogP contribution in [0.2, 0.25) is 0 Å². The monoisotopic (exact) mass is 331 g/mol. The van der Waals surface area contributed by atoms with Crippen molar-refractivity contribution in [3.05, 3.63) is 29.8 Å². The summed E-state index contributed by atoms with van der Waals surface area (Å²) in [5.41, 5.74) is 1.25. The van der Waals surface area contributed by atoms with Gasteiger partial charge in [0.05, 0.1) is 6.61 Å². The lowest BCUT2D eigenvalue weighted by molar-refractivity contribution is -0.132. The summed E-state index contributed by atoms with van der Waals surface area (Å²) in [6, 6.07) is 8.17.